The molecule has 1 aromatic heterocycles. The van der Waals surface area contributed by atoms with Crippen molar-refractivity contribution in [3.8, 4) is 0 Å². The van der Waals surface area contributed by atoms with Crippen LogP contribution in [-0.2, 0) is 4.84 Å². The Bertz CT molecular complexity index is 303. The van der Waals surface area contributed by atoms with E-state index in [4.69, 9.17) is 4.84 Å². The molecule has 2 rings (SSSR count). The van der Waals surface area contributed by atoms with Crippen LogP contribution in [0.25, 0.3) is 0 Å². The highest BCUT2D eigenvalue weighted by atomic mass is 32.1. The first kappa shape index (κ1) is 7.76. The third-order valence-electron chi connectivity index (χ3n) is 1.65. The van der Waals surface area contributed by atoms with Gasteiger partial charge in [-0.1, -0.05) is 11.2 Å². The second kappa shape index (κ2) is 2.57. The summed E-state index contributed by atoms with van der Waals surface area (Å²) in [6.45, 7) is 1.61. The van der Waals surface area contributed by atoms with E-state index in [0.717, 1.165) is 10.6 Å². The number of thiophene rings is 1. The van der Waals surface area contributed by atoms with E-state index < -0.39 is 5.79 Å². The lowest BCUT2D eigenvalue weighted by molar-refractivity contribution is -0.170. The molecule has 1 aliphatic heterocycles. The van der Waals surface area contributed by atoms with E-state index in [0.29, 0.717) is 6.42 Å². The number of rotatable bonds is 1. The Morgan fingerprint density at radius 3 is 3.08 bits per heavy atom. The first-order valence-electron chi connectivity index (χ1n) is 3.69. The van der Waals surface area contributed by atoms with Gasteiger partial charge in [-0.05, 0) is 11.4 Å². The minimum Gasteiger partial charge on any atom is -0.360 e. The molecular weight excluding hydrogens is 174 g/mol. The normalized spacial score (nSPS) is 28.3. The molecule has 4 heteroatoms. The quantitative estimate of drug-likeness (QED) is 0.718. The van der Waals surface area contributed by atoms with E-state index in [2.05, 4.69) is 5.16 Å². The summed E-state index contributed by atoms with van der Waals surface area (Å²) in [4.78, 5) is 5.89. The summed E-state index contributed by atoms with van der Waals surface area (Å²) in [5.74, 6) is -1.11. The minimum atomic E-state index is -1.11. The van der Waals surface area contributed by atoms with Crippen molar-refractivity contribution in [3.63, 3.8) is 0 Å². The number of oxime groups is 1. The third kappa shape index (κ3) is 1.35. The summed E-state index contributed by atoms with van der Waals surface area (Å²) >= 11 is 1.60. The molecule has 0 aromatic carbocycles. The molecule has 0 bridgehead atoms. The van der Waals surface area contributed by atoms with Crippen LogP contribution in [0.5, 0.6) is 0 Å². The van der Waals surface area contributed by atoms with Crippen LogP contribution in [0.3, 0.4) is 0 Å². The predicted molar refractivity (Wildman–Crippen MR) is 47.2 cm³/mol. The maximum Gasteiger partial charge on any atom is 0.237 e. The van der Waals surface area contributed by atoms with Crippen molar-refractivity contribution in [2.24, 2.45) is 5.16 Å². The van der Waals surface area contributed by atoms with Crippen molar-refractivity contribution in [1.29, 1.82) is 0 Å². The van der Waals surface area contributed by atoms with Gasteiger partial charge in [0.25, 0.3) is 0 Å². The Kier molecular flexibility index (Phi) is 1.66. The van der Waals surface area contributed by atoms with E-state index >= 15 is 0 Å². The lowest BCUT2D eigenvalue weighted by Gasteiger charge is -2.11. The van der Waals surface area contributed by atoms with Crippen LogP contribution in [0.4, 0.5) is 0 Å². The fraction of sp³-hybridized carbons (Fsp3) is 0.375. The van der Waals surface area contributed by atoms with Gasteiger partial charge in [-0.2, -0.15) is 0 Å². The standard InChI is InChI=1S/C8H9NO2S/c1-8(10)5-6(9-11-8)7-3-2-4-12-7/h2-4,10H,5H2,1H3. The maximum absolute atomic E-state index is 9.43. The number of hydrogen-bond donors (Lipinski definition) is 1. The Morgan fingerprint density at radius 2 is 2.58 bits per heavy atom. The number of hydrogen-bond acceptors (Lipinski definition) is 4. The van der Waals surface area contributed by atoms with Crippen LogP contribution in [-0.4, -0.2) is 16.6 Å². The summed E-state index contributed by atoms with van der Waals surface area (Å²) in [5.41, 5.74) is 0.829. The topological polar surface area (TPSA) is 41.8 Å². The van der Waals surface area contributed by atoms with Crippen molar-refractivity contribution in [2.75, 3.05) is 0 Å². The van der Waals surface area contributed by atoms with Crippen LogP contribution in [0.2, 0.25) is 0 Å². The molecule has 0 fully saturated rings. The molecule has 0 aliphatic carbocycles. The summed E-state index contributed by atoms with van der Waals surface area (Å²) < 4.78 is 0. The van der Waals surface area contributed by atoms with Gasteiger partial charge in [0.2, 0.25) is 5.79 Å². The van der Waals surface area contributed by atoms with Gasteiger partial charge < -0.3 is 9.94 Å². The van der Waals surface area contributed by atoms with E-state index in [9.17, 15) is 5.11 Å². The molecule has 3 nitrogen and oxygen atoms in total. The highest BCUT2D eigenvalue weighted by Gasteiger charge is 2.32. The van der Waals surface area contributed by atoms with E-state index in [1.54, 1.807) is 18.3 Å². The van der Waals surface area contributed by atoms with Gasteiger partial charge in [0.15, 0.2) is 0 Å². The summed E-state index contributed by atoms with van der Waals surface area (Å²) in [6, 6.07) is 3.92. The number of aliphatic hydroxyl groups is 1. The van der Waals surface area contributed by atoms with Gasteiger partial charge >= 0.3 is 0 Å². The molecule has 0 saturated carbocycles. The molecule has 12 heavy (non-hydrogen) atoms. The zero-order chi connectivity index (χ0) is 8.60. The van der Waals surface area contributed by atoms with Crippen molar-refractivity contribution >= 4 is 17.0 Å². The fourth-order valence-electron chi connectivity index (χ4n) is 1.10. The zero-order valence-corrected chi connectivity index (χ0v) is 7.47. The summed E-state index contributed by atoms with van der Waals surface area (Å²) in [5, 5.41) is 15.2. The molecule has 64 valence electrons. The Balaban J connectivity index is 2.20. The third-order valence-corrected chi connectivity index (χ3v) is 2.57. The molecule has 1 N–H and O–H groups in total. The molecule has 1 aromatic rings. The molecule has 1 atom stereocenters. The molecule has 1 aliphatic rings. The second-order valence-electron chi connectivity index (χ2n) is 2.96. The highest BCUT2D eigenvalue weighted by molar-refractivity contribution is 7.12. The average Bonchev–Trinajstić information content (AvgIpc) is 2.55. The first-order valence-corrected chi connectivity index (χ1v) is 4.57. The van der Waals surface area contributed by atoms with Gasteiger partial charge in [0.1, 0.15) is 5.71 Å². The van der Waals surface area contributed by atoms with Crippen molar-refractivity contribution in [3.05, 3.63) is 22.4 Å². The lowest BCUT2D eigenvalue weighted by atomic mass is 10.1. The van der Waals surface area contributed by atoms with E-state index in [1.165, 1.54) is 0 Å². The molecule has 1 unspecified atom stereocenters. The summed E-state index contributed by atoms with van der Waals surface area (Å²) in [7, 11) is 0. The Labute approximate surface area is 74.3 Å². The summed E-state index contributed by atoms with van der Waals surface area (Å²) in [6.07, 6.45) is 0.466. The molecule has 0 spiro atoms. The Hall–Kier alpha value is -0.870. The van der Waals surface area contributed by atoms with Crippen LogP contribution in [0.1, 0.15) is 18.2 Å². The number of nitrogens with zero attached hydrogens (tertiary/aromatic N) is 1. The van der Waals surface area contributed by atoms with Gasteiger partial charge in [0, 0.05) is 6.92 Å². The van der Waals surface area contributed by atoms with E-state index in [1.807, 2.05) is 17.5 Å². The van der Waals surface area contributed by atoms with E-state index in [-0.39, 0.29) is 0 Å². The first-order chi connectivity index (χ1) is 5.67. The van der Waals surface area contributed by atoms with Crippen molar-refractivity contribution in [1.82, 2.24) is 0 Å². The predicted octanol–water partition coefficient (Wildman–Crippen LogP) is 1.58. The molecular formula is C8H9NO2S. The SMILES string of the molecule is CC1(O)CC(c2cccs2)=NO1. The van der Waals surface area contributed by atoms with Gasteiger partial charge in [-0.25, -0.2) is 0 Å². The monoisotopic (exact) mass is 183 g/mol. The molecule has 0 amide bonds. The van der Waals surface area contributed by atoms with Crippen LogP contribution >= 0.6 is 11.3 Å². The average molecular weight is 183 g/mol. The minimum absolute atomic E-state index is 0.466. The van der Waals surface area contributed by atoms with Crippen molar-refractivity contribution < 1.29 is 9.94 Å². The smallest absolute Gasteiger partial charge is 0.237 e. The van der Waals surface area contributed by atoms with Crippen LogP contribution in [0, 0.1) is 0 Å². The van der Waals surface area contributed by atoms with Crippen LogP contribution < -0.4 is 0 Å². The largest absolute Gasteiger partial charge is 0.360 e. The van der Waals surface area contributed by atoms with Crippen molar-refractivity contribution in [2.45, 2.75) is 19.1 Å². The highest BCUT2D eigenvalue weighted by Crippen LogP contribution is 2.25. The fourth-order valence-corrected chi connectivity index (χ4v) is 1.81. The second-order valence-corrected chi connectivity index (χ2v) is 3.91. The lowest BCUT2D eigenvalue weighted by Crippen LogP contribution is -2.23. The molecule has 0 saturated heterocycles. The zero-order valence-electron chi connectivity index (χ0n) is 6.65. The van der Waals surface area contributed by atoms with Crippen LogP contribution in [0.15, 0.2) is 22.7 Å². The Morgan fingerprint density at radius 1 is 1.75 bits per heavy atom. The van der Waals surface area contributed by atoms with Gasteiger partial charge in [-0.3, -0.25) is 0 Å². The van der Waals surface area contributed by atoms with Gasteiger partial charge in [0.05, 0.1) is 11.3 Å². The maximum atomic E-state index is 9.43. The molecule has 0 radical (unpaired) electrons. The molecule has 2 heterocycles. The van der Waals surface area contributed by atoms with Gasteiger partial charge in [-0.15, -0.1) is 11.3 Å².